The van der Waals surface area contributed by atoms with Crippen LogP contribution in [0.25, 0.3) is 55.0 Å². The Morgan fingerprint density at radius 3 is 2.22 bits per heavy atom. The van der Waals surface area contributed by atoms with Gasteiger partial charge in [-0.15, -0.1) is 0 Å². The number of hydrogen-bond acceptors (Lipinski definition) is 4. The van der Waals surface area contributed by atoms with Crippen LogP contribution in [0.4, 0.5) is 0 Å². The second-order valence-corrected chi connectivity index (χ2v) is 13.2. The molecular weight excluding hydrogens is 625 g/mol. The van der Waals surface area contributed by atoms with E-state index in [2.05, 4.69) is 162 Å². The van der Waals surface area contributed by atoms with Gasteiger partial charge in [0.1, 0.15) is 29.5 Å². The lowest BCUT2D eigenvalue weighted by Crippen LogP contribution is -2.45. The Morgan fingerprint density at radius 2 is 1.35 bits per heavy atom. The quantitative estimate of drug-likeness (QED) is 0.194. The largest absolute Gasteiger partial charge is 0.680 e. The van der Waals surface area contributed by atoms with Crippen molar-refractivity contribution in [2.45, 2.75) is 18.4 Å². The molecule has 0 aliphatic carbocycles. The summed E-state index contributed by atoms with van der Waals surface area (Å²) in [7, 11) is 0. The maximum Gasteiger partial charge on any atom is 0.135 e. The average Bonchev–Trinajstić information content (AvgIpc) is 3.59. The van der Waals surface area contributed by atoms with Crippen LogP contribution in [0.3, 0.4) is 0 Å². The minimum atomic E-state index is -0.242. The molecule has 8 aromatic rings. The number of hydrogen-bond donors (Lipinski definition) is 2. The molecule has 5 heteroatoms. The molecule has 10 rings (SSSR count). The standard InChI is InChI=1S/C46H33N4O/c1-3-11-29(12-4-1)33-21-22-39-41(28-33)51-40-25-26-47-43(42(39)40)37-23-24-38(36-18-10-9-17-35(36)37)46-49-44(31-14-5-2-6-15-31)48-45(50-46)34-20-19-30-13-7-8-16-32(30)27-34/h1-28,43-45,48H,(H,49,50)/q-1. The molecule has 0 bridgehead atoms. The number of nitrogens with one attached hydrogen (secondary N) is 2. The molecule has 5 nitrogen and oxygen atoms in total. The van der Waals surface area contributed by atoms with Crippen LogP contribution in [0, 0.1) is 0 Å². The van der Waals surface area contributed by atoms with Crippen LogP contribution in [0.5, 0.6) is 0 Å². The van der Waals surface area contributed by atoms with Crippen molar-refractivity contribution < 1.29 is 4.42 Å². The summed E-state index contributed by atoms with van der Waals surface area (Å²) >= 11 is 0. The summed E-state index contributed by atoms with van der Waals surface area (Å²) in [6, 6.07) is 55.4. The molecule has 3 unspecified atom stereocenters. The lowest BCUT2D eigenvalue weighted by Gasteiger charge is -2.35. The maximum atomic E-state index is 6.49. The van der Waals surface area contributed by atoms with Crippen molar-refractivity contribution in [1.29, 1.82) is 0 Å². The Hall–Kier alpha value is -6.43. The van der Waals surface area contributed by atoms with E-state index in [1.807, 2.05) is 18.3 Å². The average molecular weight is 658 g/mol. The number of rotatable bonds is 5. The number of nitrogens with zero attached hydrogens (tertiary/aromatic N) is 2. The minimum Gasteiger partial charge on any atom is -0.680 e. The predicted molar refractivity (Wildman–Crippen MR) is 209 cm³/mol. The van der Waals surface area contributed by atoms with E-state index in [1.165, 1.54) is 16.3 Å². The van der Waals surface area contributed by atoms with E-state index < -0.39 is 0 Å². The van der Waals surface area contributed by atoms with E-state index in [0.29, 0.717) is 0 Å². The molecule has 0 saturated carbocycles. The van der Waals surface area contributed by atoms with Crippen LogP contribution in [0.1, 0.15) is 52.0 Å². The zero-order chi connectivity index (χ0) is 33.7. The fourth-order valence-corrected chi connectivity index (χ4v) is 7.69. The third-order valence-corrected chi connectivity index (χ3v) is 10.2. The van der Waals surface area contributed by atoms with Crippen LogP contribution >= 0.6 is 0 Å². The van der Waals surface area contributed by atoms with E-state index in [4.69, 9.17) is 14.7 Å². The molecule has 3 atom stereocenters. The number of furan rings is 1. The minimum absolute atomic E-state index is 0.132. The zero-order valence-electron chi connectivity index (χ0n) is 27.7. The van der Waals surface area contributed by atoms with E-state index in [-0.39, 0.29) is 18.4 Å². The molecule has 2 aliphatic rings. The summed E-state index contributed by atoms with van der Waals surface area (Å²) in [5.74, 6) is 1.71. The van der Waals surface area contributed by atoms with Crippen LogP contribution in [0.15, 0.2) is 173 Å². The van der Waals surface area contributed by atoms with Gasteiger partial charge in [-0.1, -0.05) is 157 Å². The Kier molecular flexibility index (Phi) is 7.03. The Balaban J connectivity index is 1.08. The van der Waals surface area contributed by atoms with Crippen molar-refractivity contribution in [3.05, 3.63) is 203 Å². The Bertz CT molecular complexity index is 2640. The summed E-state index contributed by atoms with van der Waals surface area (Å²) in [4.78, 5) is 5.34. The molecule has 51 heavy (non-hydrogen) atoms. The summed E-state index contributed by atoms with van der Waals surface area (Å²) in [6.45, 7) is 0. The zero-order valence-corrected chi connectivity index (χ0v) is 27.7. The molecular formula is C46H33N4O-. The topological polar surface area (TPSA) is 63.7 Å². The van der Waals surface area contributed by atoms with Crippen molar-refractivity contribution in [3.63, 3.8) is 0 Å². The summed E-state index contributed by atoms with van der Waals surface area (Å²) in [6.07, 6.45) is 3.49. The van der Waals surface area contributed by atoms with E-state index in [0.717, 1.165) is 66.7 Å². The first-order valence-corrected chi connectivity index (χ1v) is 17.4. The Morgan fingerprint density at radius 1 is 0.588 bits per heavy atom. The second-order valence-electron chi connectivity index (χ2n) is 13.2. The summed E-state index contributed by atoms with van der Waals surface area (Å²) in [5, 5.41) is 18.4. The normalized spacial score (nSPS) is 18.3. The van der Waals surface area contributed by atoms with E-state index in [1.54, 1.807) is 0 Å². The van der Waals surface area contributed by atoms with E-state index in [9.17, 15) is 0 Å². The fraction of sp³-hybridized carbons (Fsp3) is 0.0652. The second kappa shape index (κ2) is 12.2. The number of aliphatic imine (C=N–C) groups is 1. The van der Waals surface area contributed by atoms with Gasteiger partial charge in [-0.25, -0.2) is 4.99 Å². The molecule has 1 aromatic heterocycles. The highest BCUT2D eigenvalue weighted by molar-refractivity contribution is 6.11. The van der Waals surface area contributed by atoms with Gasteiger partial charge in [-0.3, -0.25) is 5.32 Å². The molecule has 2 aliphatic heterocycles. The first kappa shape index (κ1) is 29.5. The summed E-state index contributed by atoms with van der Waals surface area (Å²) < 4.78 is 6.49. The van der Waals surface area contributed by atoms with Crippen molar-refractivity contribution in [1.82, 2.24) is 10.6 Å². The number of amidine groups is 1. The van der Waals surface area contributed by atoms with Gasteiger partial charge in [-0.05, 0) is 67.6 Å². The Labute approximate surface area is 296 Å². The molecule has 0 amide bonds. The van der Waals surface area contributed by atoms with Gasteiger partial charge in [0.2, 0.25) is 0 Å². The molecule has 0 spiro atoms. The molecule has 0 saturated heterocycles. The third kappa shape index (κ3) is 5.18. The maximum absolute atomic E-state index is 6.49. The van der Waals surface area contributed by atoms with Crippen LogP contribution in [0.2, 0.25) is 0 Å². The van der Waals surface area contributed by atoms with Crippen LogP contribution in [-0.4, -0.2) is 5.84 Å². The third-order valence-electron chi connectivity index (χ3n) is 10.2. The van der Waals surface area contributed by atoms with Gasteiger partial charge >= 0.3 is 0 Å². The number of fused-ring (bicyclic) bond motifs is 5. The van der Waals surface area contributed by atoms with Crippen LogP contribution in [-0.2, 0) is 0 Å². The predicted octanol–water partition coefficient (Wildman–Crippen LogP) is 11.2. The van der Waals surface area contributed by atoms with Crippen molar-refractivity contribution in [2.24, 2.45) is 4.99 Å². The fourth-order valence-electron chi connectivity index (χ4n) is 7.69. The lowest BCUT2D eigenvalue weighted by molar-refractivity contribution is 0.409. The van der Waals surface area contributed by atoms with Crippen LogP contribution < -0.4 is 10.6 Å². The molecule has 244 valence electrons. The highest BCUT2D eigenvalue weighted by Gasteiger charge is 2.27. The smallest absolute Gasteiger partial charge is 0.135 e. The van der Waals surface area contributed by atoms with Crippen molar-refractivity contribution in [2.75, 3.05) is 0 Å². The monoisotopic (exact) mass is 657 g/mol. The first-order chi connectivity index (χ1) is 25.3. The lowest BCUT2D eigenvalue weighted by atomic mass is 9.88. The van der Waals surface area contributed by atoms with Gasteiger partial charge < -0.3 is 15.1 Å². The summed E-state index contributed by atoms with van der Waals surface area (Å²) in [5.41, 5.74) is 8.73. The molecule has 0 fully saturated rings. The number of benzene rings is 7. The van der Waals surface area contributed by atoms with Gasteiger partial charge in [0.15, 0.2) is 0 Å². The molecule has 3 heterocycles. The first-order valence-electron chi connectivity index (χ1n) is 17.4. The molecule has 0 radical (unpaired) electrons. The molecule has 7 aromatic carbocycles. The van der Waals surface area contributed by atoms with Gasteiger partial charge in [-0.2, -0.15) is 6.20 Å². The highest BCUT2D eigenvalue weighted by Crippen LogP contribution is 2.46. The SMILES string of the molecule is C1=Cc2oc3cc(-c4ccccc4)ccc3c2C(c2ccc(C3=NC(c4ccc5ccccc5c4)NC(c4ccccc4)N3)c3ccccc23)[N-]1. The van der Waals surface area contributed by atoms with Gasteiger partial charge in [0.05, 0.1) is 0 Å². The van der Waals surface area contributed by atoms with Crippen molar-refractivity contribution >= 4 is 44.4 Å². The molecule has 2 N–H and O–H groups in total. The van der Waals surface area contributed by atoms with Crippen molar-refractivity contribution in [3.8, 4) is 11.1 Å². The van der Waals surface area contributed by atoms with Gasteiger partial charge in [0.25, 0.3) is 0 Å². The van der Waals surface area contributed by atoms with E-state index >= 15 is 0 Å². The highest BCUT2D eigenvalue weighted by atomic mass is 16.3. The van der Waals surface area contributed by atoms with Gasteiger partial charge in [0, 0.05) is 10.9 Å².